The molecule has 0 radical (unpaired) electrons. The molecule has 1 heterocycles. The van der Waals surface area contributed by atoms with Gasteiger partial charge in [-0.2, -0.15) is 9.97 Å². The maximum atomic E-state index is 12.1. The maximum Gasteiger partial charge on any atom is 0.338 e. The van der Waals surface area contributed by atoms with Crippen molar-refractivity contribution in [2.45, 2.75) is 59.0 Å². The molecule has 3 aromatic carbocycles. The molecule has 14 heteroatoms. The van der Waals surface area contributed by atoms with Crippen LogP contribution in [0.15, 0.2) is 60.7 Å². The molecule has 268 valence electrons. The van der Waals surface area contributed by atoms with Crippen LogP contribution in [0, 0.1) is 0 Å². The zero-order chi connectivity index (χ0) is 36.2. The molecule has 0 bridgehead atoms. The summed E-state index contributed by atoms with van der Waals surface area (Å²) in [5, 5.41) is 45.4. The van der Waals surface area contributed by atoms with Gasteiger partial charge in [-0.05, 0) is 89.2 Å². The highest BCUT2D eigenvalue weighted by Gasteiger charge is 2.19. The van der Waals surface area contributed by atoms with Crippen molar-refractivity contribution in [2.24, 2.45) is 0 Å². The highest BCUT2D eigenvalue weighted by Crippen LogP contribution is 2.35. The van der Waals surface area contributed by atoms with E-state index < -0.39 is 18.2 Å². The van der Waals surface area contributed by atoms with Gasteiger partial charge in [0.05, 0.1) is 48.7 Å². The molecule has 5 N–H and O–H groups in total. The number of ether oxygens (including phenoxy) is 5. The Morgan fingerprint density at radius 3 is 1.82 bits per heavy atom. The number of nitrogens with zero attached hydrogens (tertiary/aromatic N) is 3. The van der Waals surface area contributed by atoms with Crippen LogP contribution in [0.5, 0.6) is 23.0 Å². The largest absolute Gasteiger partial charge is 0.507 e. The number of carbonyl (C=O) groups is 1. The zero-order valence-corrected chi connectivity index (χ0v) is 28.7. The van der Waals surface area contributed by atoms with Gasteiger partial charge < -0.3 is 49.4 Å². The molecule has 0 aliphatic carbocycles. The third-order valence-electron chi connectivity index (χ3n) is 6.84. The summed E-state index contributed by atoms with van der Waals surface area (Å²) < 4.78 is 27.3. The summed E-state index contributed by atoms with van der Waals surface area (Å²) >= 11 is 0. The summed E-state index contributed by atoms with van der Waals surface area (Å²) in [5.74, 6) is -0.0312. The fourth-order valence-electron chi connectivity index (χ4n) is 4.37. The van der Waals surface area contributed by atoms with Crippen molar-refractivity contribution in [3.63, 3.8) is 0 Å². The Labute approximate surface area is 290 Å². The maximum absolute atomic E-state index is 12.1. The van der Waals surface area contributed by atoms with Gasteiger partial charge in [-0.1, -0.05) is 0 Å². The van der Waals surface area contributed by atoms with Crippen LogP contribution in [0.1, 0.15) is 45.0 Å². The summed E-state index contributed by atoms with van der Waals surface area (Å²) in [4.78, 5) is 25.7. The molecule has 4 aromatic rings. The Kier molecular flexibility index (Phi) is 13.7. The lowest BCUT2D eigenvalue weighted by molar-refractivity contribution is -0.0123. The minimum atomic E-state index is -0.879. The minimum Gasteiger partial charge on any atom is -0.507 e. The lowest BCUT2D eigenvalue weighted by Gasteiger charge is -2.16. The molecule has 1 aromatic heterocycles. The average molecular weight is 693 g/mol. The van der Waals surface area contributed by atoms with Crippen LogP contribution in [-0.4, -0.2) is 98.8 Å². The van der Waals surface area contributed by atoms with Crippen LogP contribution in [0.2, 0.25) is 0 Å². The Hall–Kier alpha value is -5.02. The lowest BCUT2D eigenvalue weighted by atomic mass is 10.1. The van der Waals surface area contributed by atoms with Crippen molar-refractivity contribution >= 4 is 17.6 Å². The number of hydrogen-bond donors (Lipinski definition) is 5. The van der Waals surface area contributed by atoms with E-state index in [1.165, 1.54) is 24.3 Å². The molecule has 2 unspecified atom stereocenters. The van der Waals surface area contributed by atoms with E-state index in [4.69, 9.17) is 23.7 Å². The van der Waals surface area contributed by atoms with E-state index in [2.05, 4.69) is 20.3 Å². The second-order valence-corrected chi connectivity index (χ2v) is 11.8. The summed E-state index contributed by atoms with van der Waals surface area (Å²) in [7, 11) is 0. The predicted octanol–water partition coefficient (Wildman–Crippen LogP) is 4.87. The van der Waals surface area contributed by atoms with Gasteiger partial charge in [0.1, 0.15) is 48.4 Å². The fraction of sp³-hybridized carbons (Fsp3) is 0.389. The molecule has 0 saturated carbocycles. The zero-order valence-electron chi connectivity index (χ0n) is 28.7. The monoisotopic (exact) mass is 692 g/mol. The van der Waals surface area contributed by atoms with Gasteiger partial charge in [-0.25, -0.2) is 9.78 Å². The molecule has 0 spiro atoms. The number of aromatic nitrogens is 3. The molecule has 0 amide bonds. The molecule has 2 atom stereocenters. The van der Waals surface area contributed by atoms with Crippen molar-refractivity contribution in [1.29, 1.82) is 0 Å². The summed E-state index contributed by atoms with van der Waals surface area (Å²) in [6.45, 7) is 9.51. The number of aliphatic hydroxyl groups is 2. The molecule has 0 saturated heterocycles. The molecule has 50 heavy (non-hydrogen) atoms. The third kappa shape index (κ3) is 11.3. The van der Waals surface area contributed by atoms with Crippen LogP contribution >= 0.6 is 0 Å². The van der Waals surface area contributed by atoms with Gasteiger partial charge in [-0.3, -0.25) is 0 Å². The number of esters is 1. The minimum absolute atomic E-state index is 0.0407. The number of phenolic OH excluding ortho intramolecular Hbond substituents is 2. The molecule has 14 nitrogen and oxygen atoms in total. The van der Waals surface area contributed by atoms with Crippen molar-refractivity contribution in [2.75, 3.05) is 38.4 Å². The topological polar surface area (TPSA) is 195 Å². The van der Waals surface area contributed by atoms with E-state index >= 15 is 0 Å². The van der Waals surface area contributed by atoms with E-state index in [1.54, 1.807) is 43.3 Å². The first-order valence-electron chi connectivity index (χ1n) is 16.2. The quantitative estimate of drug-likeness (QED) is 0.0887. The van der Waals surface area contributed by atoms with Gasteiger partial charge in [0, 0.05) is 11.8 Å². The molecule has 0 aliphatic rings. The van der Waals surface area contributed by atoms with E-state index in [-0.39, 0.29) is 85.5 Å². The van der Waals surface area contributed by atoms with Crippen molar-refractivity contribution in [1.82, 2.24) is 15.0 Å². The molecular weight excluding hydrogens is 648 g/mol. The second-order valence-electron chi connectivity index (χ2n) is 11.8. The first-order chi connectivity index (χ1) is 23.9. The van der Waals surface area contributed by atoms with Crippen LogP contribution in [0.3, 0.4) is 0 Å². The van der Waals surface area contributed by atoms with Gasteiger partial charge in [0.2, 0.25) is 5.95 Å². The van der Waals surface area contributed by atoms with Crippen LogP contribution in [-0.2, 0) is 14.2 Å². The van der Waals surface area contributed by atoms with Crippen LogP contribution < -0.4 is 14.8 Å². The fourth-order valence-corrected chi connectivity index (χ4v) is 4.37. The highest BCUT2D eigenvalue weighted by molar-refractivity contribution is 5.89. The van der Waals surface area contributed by atoms with Gasteiger partial charge in [0.25, 0.3) is 0 Å². The number of aliphatic hydroxyl groups excluding tert-OH is 2. The number of phenols is 2. The van der Waals surface area contributed by atoms with Gasteiger partial charge in [0.15, 0.2) is 11.6 Å². The average Bonchev–Trinajstić information content (AvgIpc) is 3.08. The predicted molar refractivity (Wildman–Crippen MR) is 185 cm³/mol. The van der Waals surface area contributed by atoms with Crippen LogP contribution in [0.25, 0.3) is 22.8 Å². The molecular formula is C36H44N4O10. The SMILES string of the molecule is CCOC(=O)c1ccc(Nc2nc(-c3ccc(OCC(O)COC(C)C)cc3O)nc(-c3cc(OCC(O)COC(C)C)ccc3O)n2)cc1. The number of anilines is 2. The van der Waals surface area contributed by atoms with Crippen molar-refractivity contribution < 1.29 is 48.9 Å². The smallest absolute Gasteiger partial charge is 0.338 e. The molecule has 0 fully saturated rings. The Morgan fingerprint density at radius 2 is 1.26 bits per heavy atom. The number of aromatic hydroxyl groups is 2. The van der Waals surface area contributed by atoms with E-state index in [0.29, 0.717) is 22.7 Å². The number of nitrogens with one attached hydrogen (secondary N) is 1. The normalized spacial score (nSPS) is 12.5. The third-order valence-corrected chi connectivity index (χ3v) is 6.84. The Bertz CT molecular complexity index is 1700. The number of benzene rings is 3. The van der Waals surface area contributed by atoms with E-state index in [9.17, 15) is 25.2 Å². The second kappa shape index (κ2) is 18.1. The molecule has 4 rings (SSSR count). The first-order valence-corrected chi connectivity index (χ1v) is 16.2. The van der Waals surface area contributed by atoms with E-state index in [0.717, 1.165) is 0 Å². The highest BCUT2D eigenvalue weighted by atomic mass is 16.5. The molecule has 0 aliphatic heterocycles. The Balaban J connectivity index is 1.65. The summed E-state index contributed by atoms with van der Waals surface area (Å²) in [6, 6.07) is 15.5. The summed E-state index contributed by atoms with van der Waals surface area (Å²) in [5.41, 5.74) is 1.32. The van der Waals surface area contributed by atoms with Gasteiger partial charge >= 0.3 is 5.97 Å². The van der Waals surface area contributed by atoms with Gasteiger partial charge in [-0.15, -0.1) is 0 Å². The first kappa shape index (κ1) is 37.8. The van der Waals surface area contributed by atoms with E-state index in [1.807, 2.05) is 27.7 Å². The lowest BCUT2D eigenvalue weighted by Crippen LogP contribution is -2.25. The van der Waals surface area contributed by atoms with Crippen molar-refractivity contribution in [3.8, 4) is 45.8 Å². The number of rotatable bonds is 18. The number of carbonyl (C=O) groups excluding carboxylic acids is 1. The van der Waals surface area contributed by atoms with Crippen molar-refractivity contribution in [3.05, 3.63) is 66.2 Å². The summed E-state index contributed by atoms with van der Waals surface area (Å²) in [6.07, 6.45) is -1.83. The standard InChI is InChI=1S/C36H44N4O10/c1-6-46-35(45)23-7-9-24(10-8-23)37-36-39-33(29-13-11-28(16-32(29)44)50-20-26(42)18-48-22(4)5)38-34(40-36)30-15-27(12-14-31(30)43)49-19-25(41)17-47-21(2)3/h7-16,21-22,25-26,41-44H,6,17-20H2,1-5H3,(H,37,38,39,40). The Morgan fingerprint density at radius 1 is 0.700 bits per heavy atom. The number of hydrogen-bond acceptors (Lipinski definition) is 14. The van der Waals surface area contributed by atoms with Crippen LogP contribution in [0.4, 0.5) is 11.6 Å².